The molecule has 37 heavy (non-hydrogen) atoms. The third-order valence-electron chi connectivity index (χ3n) is 6.12. The van der Waals surface area contributed by atoms with Crippen molar-refractivity contribution in [1.29, 1.82) is 0 Å². The lowest BCUT2D eigenvalue weighted by Crippen LogP contribution is -2.10. The number of fused-ring (bicyclic) bond motifs is 2. The van der Waals surface area contributed by atoms with Gasteiger partial charge in [-0.25, -0.2) is 18.7 Å². The molecule has 5 nitrogen and oxygen atoms in total. The molecule has 0 atom stereocenters. The maximum absolute atomic E-state index is 14.5. The minimum atomic E-state index is -4.71. The number of rotatable bonds is 3. The number of alkyl halides is 3. The van der Waals surface area contributed by atoms with Crippen LogP contribution in [0.25, 0.3) is 50.5 Å². The fourth-order valence-electron chi connectivity index (χ4n) is 4.41. The molecule has 6 aromatic rings. The van der Waals surface area contributed by atoms with E-state index < -0.39 is 23.5 Å². The summed E-state index contributed by atoms with van der Waals surface area (Å²) < 4.78 is 71.6. The van der Waals surface area contributed by atoms with Gasteiger partial charge in [0.15, 0.2) is 17.3 Å². The summed E-state index contributed by atoms with van der Waals surface area (Å²) in [5.74, 6) is -1.87. The van der Waals surface area contributed by atoms with Gasteiger partial charge < -0.3 is 4.98 Å². The van der Waals surface area contributed by atoms with Crippen molar-refractivity contribution in [3.63, 3.8) is 0 Å². The first-order chi connectivity index (χ1) is 17.7. The van der Waals surface area contributed by atoms with Gasteiger partial charge in [-0.2, -0.15) is 13.2 Å². The van der Waals surface area contributed by atoms with Crippen molar-refractivity contribution in [3.8, 4) is 33.9 Å². The fraction of sp³-hybridized carbons (Fsp3) is 0.0741. The van der Waals surface area contributed by atoms with Crippen molar-refractivity contribution in [2.24, 2.45) is 0 Å². The number of hydrogen-bond acceptors (Lipinski definition) is 3. The SMILES string of the molecule is Cc1ccc2nc(-c3cc(-c4cccn5c(-c6cccc(F)c6F)ncc45)cnc3C(F)(F)F)[nH]c2c1. The van der Waals surface area contributed by atoms with Crippen LogP contribution in [0.3, 0.4) is 0 Å². The lowest BCUT2D eigenvalue weighted by Gasteiger charge is -2.13. The molecule has 0 aliphatic rings. The molecule has 0 saturated heterocycles. The Kier molecular flexibility index (Phi) is 5.08. The van der Waals surface area contributed by atoms with Crippen molar-refractivity contribution in [3.05, 3.63) is 96.1 Å². The second-order valence-corrected chi connectivity index (χ2v) is 8.58. The minimum absolute atomic E-state index is 0.0326. The predicted octanol–water partition coefficient (Wildman–Crippen LogP) is 7.21. The highest BCUT2D eigenvalue weighted by molar-refractivity contribution is 5.85. The highest BCUT2D eigenvalue weighted by Gasteiger charge is 2.37. The molecule has 1 N–H and O–H groups in total. The number of aromatic nitrogens is 5. The number of aromatic amines is 1. The summed E-state index contributed by atoms with van der Waals surface area (Å²) in [5.41, 5.74) is 2.10. The molecule has 10 heteroatoms. The summed E-state index contributed by atoms with van der Waals surface area (Å²) >= 11 is 0. The summed E-state index contributed by atoms with van der Waals surface area (Å²) in [7, 11) is 0. The van der Waals surface area contributed by atoms with Gasteiger partial charge in [0.25, 0.3) is 0 Å². The Balaban J connectivity index is 1.54. The summed E-state index contributed by atoms with van der Waals surface area (Å²) in [6.07, 6.45) is -0.515. The van der Waals surface area contributed by atoms with Gasteiger partial charge in [0, 0.05) is 29.1 Å². The van der Waals surface area contributed by atoms with Gasteiger partial charge >= 0.3 is 6.18 Å². The van der Waals surface area contributed by atoms with Gasteiger partial charge in [0.05, 0.1) is 28.3 Å². The standard InChI is InChI=1S/C27H16F5N5/c1-14-7-8-20-21(10-14)36-25(35-20)18-11-15(12-33-24(18)27(30,31)32)16-5-3-9-37-22(16)13-34-26(37)17-4-2-6-19(28)23(17)29/h2-13H,1H3,(H,35,36). The first kappa shape index (κ1) is 22.8. The van der Waals surface area contributed by atoms with E-state index in [1.807, 2.05) is 13.0 Å². The van der Waals surface area contributed by atoms with Crippen LogP contribution in [0.1, 0.15) is 11.3 Å². The van der Waals surface area contributed by atoms with Crippen LogP contribution >= 0.6 is 0 Å². The molecule has 0 aliphatic heterocycles. The zero-order chi connectivity index (χ0) is 25.9. The Morgan fingerprint density at radius 1 is 0.865 bits per heavy atom. The zero-order valence-corrected chi connectivity index (χ0v) is 19.1. The molecule has 2 aromatic carbocycles. The number of aryl methyl sites for hydroxylation is 1. The van der Waals surface area contributed by atoms with Crippen molar-refractivity contribution >= 4 is 16.6 Å². The van der Waals surface area contributed by atoms with Crippen LogP contribution in [0, 0.1) is 18.6 Å². The van der Waals surface area contributed by atoms with Crippen molar-refractivity contribution in [2.75, 3.05) is 0 Å². The number of pyridine rings is 2. The molecule has 0 radical (unpaired) electrons. The molecule has 4 heterocycles. The van der Waals surface area contributed by atoms with E-state index in [4.69, 9.17) is 0 Å². The summed E-state index contributed by atoms with van der Waals surface area (Å²) in [4.78, 5) is 15.4. The normalized spacial score (nSPS) is 12.1. The average molecular weight is 505 g/mol. The molecule has 0 spiro atoms. The molecule has 0 unspecified atom stereocenters. The van der Waals surface area contributed by atoms with E-state index in [1.54, 1.807) is 34.9 Å². The molecule has 4 aromatic heterocycles. The van der Waals surface area contributed by atoms with Crippen LogP contribution in [0.5, 0.6) is 0 Å². The highest BCUT2D eigenvalue weighted by atomic mass is 19.4. The smallest absolute Gasteiger partial charge is 0.338 e. The number of nitrogens with one attached hydrogen (secondary N) is 1. The second kappa shape index (κ2) is 8.22. The van der Waals surface area contributed by atoms with E-state index in [0.29, 0.717) is 27.7 Å². The van der Waals surface area contributed by atoms with E-state index in [2.05, 4.69) is 19.9 Å². The summed E-state index contributed by atoms with van der Waals surface area (Å²) in [5, 5.41) is 0. The Bertz CT molecular complexity index is 1820. The van der Waals surface area contributed by atoms with Crippen LogP contribution < -0.4 is 0 Å². The van der Waals surface area contributed by atoms with E-state index >= 15 is 0 Å². The third kappa shape index (κ3) is 3.81. The highest BCUT2D eigenvalue weighted by Crippen LogP contribution is 2.38. The van der Waals surface area contributed by atoms with Crippen LogP contribution in [0.15, 0.2) is 73.2 Å². The van der Waals surface area contributed by atoms with E-state index in [9.17, 15) is 22.0 Å². The molecule has 0 saturated carbocycles. The van der Waals surface area contributed by atoms with Crippen LogP contribution in [0.2, 0.25) is 0 Å². The molecular weight excluding hydrogens is 489 g/mol. The average Bonchev–Trinajstić information content (AvgIpc) is 3.49. The number of benzene rings is 2. The predicted molar refractivity (Wildman–Crippen MR) is 129 cm³/mol. The van der Waals surface area contributed by atoms with Gasteiger partial charge in [0.2, 0.25) is 0 Å². The second-order valence-electron chi connectivity index (χ2n) is 8.58. The quantitative estimate of drug-likeness (QED) is 0.259. The summed E-state index contributed by atoms with van der Waals surface area (Å²) in [6, 6.07) is 13.8. The van der Waals surface area contributed by atoms with Gasteiger partial charge in [-0.05, 0) is 48.9 Å². The van der Waals surface area contributed by atoms with E-state index in [-0.39, 0.29) is 22.8 Å². The molecule has 0 fully saturated rings. The number of imidazole rings is 2. The Morgan fingerprint density at radius 3 is 2.49 bits per heavy atom. The number of nitrogens with zero attached hydrogens (tertiary/aromatic N) is 4. The van der Waals surface area contributed by atoms with Crippen molar-refractivity contribution in [1.82, 2.24) is 24.3 Å². The lowest BCUT2D eigenvalue weighted by molar-refractivity contribution is -0.140. The molecule has 0 bridgehead atoms. The van der Waals surface area contributed by atoms with Gasteiger partial charge in [-0.15, -0.1) is 0 Å². The first-order valence-corrected chi connectivity index (χ1v) is 11.2. The molecule has 6 rings (SSSR count). The Labute approximate surface area is 206 Å². The monoisotopic (exact) mass is 505 g/mol. The molecule has 0 aliphatic carbocycles. The van der Waals surface area contributed by atoms with Crippen LogP contribution in [-0.2, 0) is 6.18 Å². The maximum Gasteiger partial charge on any atom is 0.434 e. The maximum atomic E-state index is 14.5. The van der Waals surface area contributed by atoms with Gasteiger partial charge in [0.1, 0.15) is 11.6 Å². The van der Waals surface area contributed by atoms with Gasteiger partial charge in [-0.1, -0.05) is 18.2 Å². The number of H-pyrrole nitrogens is 1. The van der Waals surface area contributed by atoms with Crippen LogP contribution in [-0.4, -0.2) is 24.3 Å². The van der Waals surface area contributed by atoms with Gasteiger partial charge in [-0.3, -0.25) is 9.38 Å². The third-order valence-corrected chi connectivity index (χ3v) is 6.12. The summed E-state index contributed by atoms with van der Waals surface area (Å²) in [6.45, 7) is 1.87. The lowest BCUT2D eigenvalue weighted by atomic mass is 10.0. The van der Waals surface area contributed by atoms with Crippen molar-refractivity contribution < 1.29 is 22.0 Å². The Hall–Kier alpha value is -4.60. The van der Waals surface area contributed by atoms with E-state index in [0.717, 1.165) is 17.8 Å². The fourth-order valence-corrected chi connectivity index (χ4v) is 4.41. The van der Waals surface area contributed by atoms with Crippen LogP contribution in [0.4, 0.5) is 22.0 Å². The number of halogens is 5. The minimum Gasteiger partial charge on any atom is -0.338 e. The first-order valence-electron chi connectivity index (χ1n) is 11.2. The topological polar surface area (TPSA) is 58.9 Å². The van der Waals surface area contributed by atoms with E-state index in [1.165, 1.54) is 24.4 Å². The van der Waals surface area contributed by atoms with Crippen molar-refractivity contribution in [2.45, 2.75) is 13.1 Å². The molecule has 184 valence electrons. The molecule has 0 amide bonds. The molecular formula is C27H16F5N5. The zero-order valence-electron chi connectivity index (χ0n) is 19.1. The Morgan fingerprint density at radius 2 is 1.68 bits per heavy atom. The number of hydrogen-bond donors (Lipinski definition) is 1. The largest absolute Gasteiger partial charge is 0.434 e.